The first kappa shape index (κ1) is 15.4. The molecule has 0 saturated carbocycles. The minimum absolute atomic E-state index is 0.222. The maximum absolute atomic E-state index is 12.1. The lowest BCUT2D eigenvalue weighted by atomic mass is 10.2. The second kappa shape index (κ2) is 6.34. The Bertz CT molecular complexity index is 752. The predicted octanol–water partition coefficient (Wildman–Crippen LogP) is 3.32. The first-order valence-corrected chi connectivity index (χ1v) is 7.77. The van der Waals surface area contributed by atoms with Gasteiger partial charge in [-0.15, -0.1) is 0 Å². The van der Waals surface area contributed by atoms with E-state index in [1.807, 2.05) is 0 Å². The number of rotatable bonds is 3. The van der Waals surface area contributed by atoms with Crippen LogP contribution in [-0.4, -0.2) is 17.8 Å². The van der Waals surface area contributed by atoms with E-state index in [2.05, 4.69) is 15.9 Å². The summed E-state index contributed by atoms with van der Waals surface area (Å²) in [6.45, 7) is 0. The fourth-order valence-corrected chi connectivity index (χ4v) is 2.54. The van der Waals surface area contributed by atoms with Crippen molar-refractivity contribution < 1.29 is 19.1 Å². The maximum atomic E-state index is 12.1. The first-order chi connectivity index (χ1) is 11.0. The fraction of sp³-hybridized carbons (Fsp3) is 0.118. The summed E-state index contributed by atoms with van der Waals surface area (Å²) in [6.07, 6.45) is 0.457. The van der Waals surface area contributed by atoms with Crippen LogP contribution in [0.5, 0.6) is 5.75 Å². The average Bonchev–Trinajstić information content (AvgIpc) is 2.88. The average molecular weight is 374 g/mol. The molecule has 5 nitrogen and oxygen atoms in total. The number of anilines is 1. The normalized spacial score (nSPS) is 14.2. The van der Waals surface area contributed by atoms with Crippen LogP contribution in [0.2, 0.25) is 0 Å². The van der Waals surface area contributed by atoms with Crippen molar-refractivity contribution in [2.45, 2.75) is 12.8 Å². The molecule has 2 aromatic carbocycles. The minimum Gasteiger partial charge on any atom is -0.423 e. The number of amides is 2. The van der Waals surface area contributed by atoms with Gasteiger partial charge in [0.1, 0.15) is 5.75 Å². The highest BCUT2D eigenvalue weighted by atomic mass is 79.9. The van der Waals surface area contributed by atoms with Crippen molar-refractivity contribution in [3.05, 3.63) is 58.6 Å². The lowest BCUT2D eigenvalue weighted by Crippen LogP contribution is -2.28. The summed E-state index contributed by atoms with van der Waals surface area (Å²) < 4.78 is 6.15. The van der Waals surface area contributed by atoms with Crippen LogP contribution < -0.4 is 9.64 Å². The van der Waals surface area contributed by atoms with E-state index < -0.39 is 5.97 Å². The van der Waals surface area contributed by atoms with Gasteiger partial charge in [-0.1, -0.05) is 15.9 Å². The smallest absolute Gasteiger partial charge is 0.343 e. The molecule has 0 aromatic heterocycles. The second-order valence-electron chi connectivity index (χ2n) is 5.01. The van der Waals surface area contributed by atoms with Gasteiger partial charge >= 0.3 is 5.97 Å². The van der Waals surface area contributed by atoms with E-state index in [1.54, 1.807) is 36.4 Å². The summed E-state index contributed by atoms with van der Waals surface area (Å²) >= 11 is 3.31. The first-order valence-electron chi connectivity index (χ1n) is 6.98. The summed E-state index contributed by atoms with van der Waals surface area (Å²) in [7, 11) is 0. The van der Waals surface area contributed by atoms with Crippen LogP contribution in [0.15, 0.2) is 53.0 Å². The largest absolute Gasteiger partial charge is 0.423 e. The molecule has 0 radical (unpaired) electrons. The molecule has 0 aliphatic carbocycles. The van der Waals surface area contributed by atoms with Crippen LogP contribution in [0, 0.1) is 0 Å². The Morgan fingerprint density at radius 2 is 1.48 bits per heavy atom. The van der Waals surface area contributed by atoms with Gasteiger partial charge in [-0.2, -0.15) is 0 Å². The van der Waals surface area contributed by atoms with Crippen molar-refractivity contribution in [3.63, 3.8) is 0 Å². The van der Waals surface area contributed by atoms with Crippen molar-refractivity contribution in [3.8, 4) is 5.75 Å². The lowest BCUT2D eigenvalue weighted by molar-refractivity contribution is -0.121. The number of hydrogen-bond donors (Lipinski definition) is 0. The molecular weight excluding hydrogens is 362 g/mol. The quantitative estimate of drug-likeness (QED) is 0.470. The van der Waals surface area contributed by atoms with Gasteiger partial charge in [-0.05, 0) is 48.5 Å². The van der Waals surface area contributed by atoms with Crippen molar-refractivity contribution in [2.24, 2.45) is 0 Å². The number of benzene rings is 2. The number of carbonyl (C=O) groups is 3. The third-order valence-corrected chi connectivity index (χ3v) is 3.97. The SMILES string of the molecule is O=C(Oc1ccc(Br)cc1)c1ccc(N2C(=O)CCC2=O)cc1. The Hall–Kier alpha value is -2.47. The number of ether oxygens (including phenoxy) is 1. The van der Waals surface area contributed by atoms with Gasteiger partial charge in [0.2, 0.25) is 11.8 Å². The van der Waals surface area contributed by atoms with Crippen LogP contribution >= 0.6 is 15.9 Å². The van der Waals surface area contributed by atoms with E-state index in [4.69, 9.17) is 4.74 Å². The van der Waals surface area contributed by atoms with Gasteiger partial charge in [0.05, 0.1) is 11.3 Å². The van der Waals surface area contributed by atoms with E-state index in [9.17, 15) is 14.4 Å². The van der Waals surface area contributed by atoms with Gasteiger partial charge in [0, 0.05) is 17.3 Å². The summed E-state index contributed by atoms with van der Waals surface area (Å²) in [5, 5.41) is 0. The summed E-state index contributed by atoms with van der Waals surface area (Å²) in [5.41, 5.74) is 0.813. The zero-order valence-corrected chi connectivity index (χ0v) is 13.6. The number of halogens is 1. The minimum atomic E-state index is -0.502. The van der Waals surface area contributed by atoms with Gasteiger partial charge < -0.3 is 4.74 Å². The Balaban J connectivity index is 1.74. The van der Waals surface area contributed by atoms with Gasteiger partial charge in [-0.25, -0.2) is 4.79 Å². The lowest BCUT2D eigenvalue weighted by Gasteiger charge is -2.14. The van der Waals surface area contributed by atoms with Crippen molar-refractivity contribution in [1.82, 2.24) is 0 Å². The molecule has 0 unspecified atom stereocenters. The Morgan fingerprint density at radius 1 is 0.913 bits per heavy atom. The zero-order valence-electron chi connectivity index (χ0n) is 12.0. The molecule has 6 heteroatoms. The molecule has 0 N–H and O–H groups in total. The van der Waals surface area contributed by atoms with Gasteiger partial charge in [0.25, 0.3) is 0 Å². The Morgan fingerprint density at radius 3 is 2.04 bits per heavy atom. The highest BCUT2D eigenvalue weighted by Gasteiger charge is 2.30. The Kier molecular flexibility index (Phi) is 4.25. The molecule has 1 aliphatic rings. The molecule has 0 spiro atoms. The number of nitrogens with zero attached hydrogens (tertiary/aromatic N) is 1. The molecule has 2 amide bonds. The molecule has 1 fully saturated rings. The van der Waals surface area contributed by atoms with Crippen LogP contribution in [0.25, 0.3) is 0 Å². The van der Waals surface area contributed by atoms with Crippen molar-refractivity contribution in [2.75, 3.05) is 4.90 Å². The number of imide groups is 1. The number of esters is 1. The number of carbonyl (C=O) groups excluding carboxylic acids is 3. The molecule has 0 atom stereocenters. The highest BCUT2D eigenvalue weighted by molar-refractivity contribution is 9.10. The van der Waals surface area contributed by atoms with Gasteiger partial charge in [-0.3, -0.25) is 14.5 Å². The molecule has 116 valence electrons. The van der Waals surface area contributed by atoms with E-state index >= 15 is 0 Å². The molecule has 0 bridgehead atoms. The number of hydrogen-bond acceptors (Lipinski definition) is 4. The van der Waals surface area contributed by atoms with E-state index in [1.165, 1.54) is 12.1 Å². The molecule has 1 heterocycles. The third-order valence-electron chi connectivity index (χ3n) is 3.44. The molecule has 1 aliphatic heterocycles. The summed E-state index contributed by atoms with van der Waals surface area (Å²) in [4.78, 5) is 36.6. The summed E-state index contributed by atoms with van der Waals surface area (Å²) in [6, 6.07) is 13.1. The third kappa shape index (κ3) is 3.32. The summed E-state index contributed by atoms with van der Waals surface area (Å²) in [5.74, 6) is -0.509. The zero-order chi connectivity index (χ0) is 16.4. The van der Waals surface area contributed by atoms with Crippen LogP contribution in [0.3, 0.4) is 0 Å². The van der Waals surface area contributed by atoms with E-state index in [0.717, 1.165) is 9.37 Å². The molecule has 23 heavy (non-hydrogen) atoms. The van der Waals surface area contributed by atoms with Crippen LogP contribution in [0.4, 0.5) is 5.69 Å². The topological polar surface area (TPSA) is 63.7 Å². The fourth-order valence-electron chi connectivity index (χ4n) is 2.28. The molecule has 2 aromatic rings. The standard InChI is InChI=1S/C17H12BrNO4/c18-12-3-7-14(8-4-12)23-17(22)11-1-5-13(6-2-11)19-15(20)9-10-16(19)21/h1-8H,9-10H2. The second-order valence-corrected chi connectivity index (χ2v) is 5.93. The van der Waals surface area contributed by atoms with Crippen LogP contribution in [0.1, 0.15) is 23.2 Å². The Labute approximate surface area is 141 Å². The van der Waals surface area contributed by atoms with Gasteiger partial charge in [0.15, 0.2) is 0 Å². The van der Waals surface area contributed by atoms with Crippen molar-refractivity contribution in [1.29, 1.82) is 0 Å². The van der Waals surface area contributed by atoms with Crippen LogP contribution in [-0.2, 0) is 9.59 Å². The molecular formula is C17H12BrNO4. The van der Waals surface area contributed by atoms with E-state index in [0.29, 0.717) is 17.0 Å². The van der Waals surface area contributed by atoms with E-state index in [-0.39, 0.29) is 24.7 Å². The molecule has 1 saturated heterocycles. The maximum Gasteiger partial charge on any atom is 0.343 e. The highest BCUT2D eigenvalue weighted by Crippen LogP contribution is 2.23. The monoisotopic (exact) mass is 373 g/mol. The van der Waals surface area contributed by atoms with Crippen molar-refractivity contribution >= 4 is 39.4 Å². The predicted molar refractivity (Wildman–Crippen MR) is 87.3 cm³/mol. The molecule has 3 rings (SSSR count).